The van der Waals surface area contributed by atoms with Crippen LogP contribution in [0, 0.1) is 11.8 Å². The molecule has 1 heterocycles. The zero-order valence-electron chi connectivity index (χ0n) is 9.01. The minimum atomic E-state index is 0.0647. The van der Waals surface area contributed by atoms with E-state index in [4.69, 9.17) is 5.73 Å². The quantitative estimate of drug-likeness (QED) is 0.793. The van der Waals surface area contributed by atoms with E-state index in [1.165, 1.54) is 6.42 Å². The van der Waals surface area contributed by atoms with Gasteiger partial charge in [-0.2, -0.15) is 5.10 Å². The van der Waals surface area contributed by atoms with Crippen LogP contribution >= 0.6 is 0 Å². The molecule has 1 aromatic heterocycles. The van der Waals surface area contributed by atoms with Crippen molar-refractivity contribution in [3.63, 3.8) is 0 Å². The normalized spacial score (nSPS) is 28.1. The fourth-order valence-corrected chi connectivity index (χ4v) is 1.94. The molecule has 4 heteroatoms. The number of nitrogens with zero attached hydrogens (tertiary/aromatic N) is 3. The summed E-state index contributed by atoms with van der Waals surface area (Å²) in [5, 5.41) is 4.20. The number of hydrogen-bond acceptors (Lipinski definition) is 3. The van der Waals surface area contributed by atoms with Crippen molar-refractivity contribution in [3.8, 4) is 0 Å². The van der Waals surface area contributed by atoms with Gasteiger partial charge in [-0.15, -0.1) is 0 Å². The number of rotatable bonds is 3. The second-order valence-electron chi connectivity index (χ2n) is 4.56. The summed E-state index contributed by atoms with van der Waals surface area (Å²) in [4.78, 5) is 4.26. The van der Waals surface area contributed by atoms with Crippen LogP contribution in [-0.4, -0.2) is 14.8 Å². The molecule has 1 aliphatic carbocycles. The Morgan fingerprint density at radius 3 is 2.71 bits per heavy atom. The van der Waals surface area contributed by atoms with Gasteiger partial charge >= 0.3 is 0 Å². The Bertz CT molecular complexity index is 318. The lowest BCUT2D eigenvalue weighted by Crippen LogP contribution is -2.20. The van der Waals surface area contributed by atoms with Crippen LogP contribution in [0.3, 0.4) is 0 Å². The zero-order chi connectivity index (χ0) is 10.3. The van der Waals surface area contributed by atoms with Gasteiger partial charge in [-0.05, 0) is 32.1 Å². The van der Waals surface area contributed by atoms with Gasteiger partial charge in [0.05, 0.1) is 6.04 Å². The van der Waals surface area contributed by atoms with Crippen LogP contribution in [0.5, 0.6) is 0 Å². The second kappa shape index (κ2) is 3.35. The van der Waals surface area contributed by atoms with Crippen LogP contribution in [0.2, 0.25) is 0 Å². The molecule has 0 radical (unpaired) electrons. The number of nitrogens with two attached hydrogens (primary N) is 1. The Hall–Kier alpha value is -0.900. The van der Waals surface area contributed by atoms with Gasteiger partial charge in [0.2, 0.25) is 0 Å². The Kier molecular flexibility index (Phi) is 2.31. The van der Waals surface area contributed by atoms with Gasteiger partial charge in [0.25, 0.3) is 0 Å². The van der Waals surface area contributed by atoms with Gasteiger partial charge < -0.3 is 5.73 Å². The largest absolute Gasteiger partial charge is 0.321 e. The molecule has 1 aliphatic rings. The van der Waals surface area contributed by atoms with Gasteiger partial charge in [-0.1, -0.05) is 6.92 Å². The Balaban J connectivity index is 2.18. The highest BCUT2D eigenvalue weighted by Crippen LogP contribution is 2.45. The highest BCUT2D eigenvalue weighted by Gasteiger charge is 2.40. The van der Waals surface area contributed by atoms with Crippen LogP contribution < -0.4 is 5.73 Å². The summed E-state index contributed by atoms with van der Waals surface area (Å²) < 4.78 is 1.93. The molecular weight excluding hydrogens is 176 g/mol. The molecular formula is C10H18N4. The monoisotopic (exact) mass is 194 g/mol. The van der Waals surface area contributed by atoms with E-state index in [1.54, 1.807) is 6.33 Å². The average molecular weight is 194 g/mol. The first kappa shape index (κ1) is 9.65. The molecule has 2 rings (SSSR count). The molecule has 1 aromatic rings. The molecule has 0 amide bonds. The first-order chi connectivity index (χ1) is 6.61. The van der Waals surface area contributed by atoms with E-state index in [-0.39, 0.29) is 6.04 Å². The molecule has 0 bridgehead atoms. The second-order valence-corrected chi connectivity index (χ2v) is 4.56. The summed E-state index contributed by atoms with van der Waals surface area (Å²) >= 11 is 0. The van der Waals surface area contributed by atoms with Crippen molar-refractivity contribution in [3.05, 3.63) is 12.2 Å². The lowest BCUT2D eigenvalue weighted by Gasteiger charge is -2.14. The molecule has 0 aromatic carbocycles. The van der Waals surface area contributed by atoms with Crippen LogP contribution in [0.25, 0.3) is 0 Å². The first-order valence-electron chi connectivity index (χ1n) is 5.26. The average Bonchev–Trinajstić information content (AvgIpc) is 2.69. The minimum Gasteiger partial charge on any atom is -0.321 e. The number of aromatic nitrogens is 3. The molecule has 0 spiro atoms. The van der Waals surface area contributed by atoms with Crippen molar-refractivity contribution >= 4 is 0 Å². The third kappa shape index (κ3) is 1.54. The predicted octanol–water partition coefficient (Wildman–Crippen LogP) is 1.51. The van der Waals surface area contributed by atoms with Crippen LogP contribution in [0.1, 0.15) is 45.1 Å². The van der Waals surface area contributed by atoms with E-state index in [0.717, 1.165) is 11.7 Å². The molecule has 2 N–H and O–H groups in total. The SMILES string of the molecule is CC1CC1C(N)c1ncnn1C(C)C. The molecule has 4 nitrogen and oxygen atoms in total. The van der Waals surface area contributed by atoms with Gasteiger partial charge in [0.15, 0.2) is 0 Å². The maximum absolute atomic E-state index is 6.15. The Morgan fingerprint density at radius 2 is 2.21 bits per heavy atom. The number of hydrogen-bond donors (Lipinski definition) is 1. The van der Waals surface area contributed by atoms with Crippen molar-refractivity contribution in [2.24, 2.45) is 17.6 Å². The molecule has 14 heavy (non-hydrogen) atoms. The minimum absolute atomic E-state index is 0.0647. The van der Waals surface area contributed by atoms with Gasteiger partial charge in [0, 0.05) is 6.04 Å². The first-order valence-corrected chi connectivity index (χ1v) is 5.26. The molecule has 0 aliphatic heterocycles. The van der Waals surface area contributed by atoms with Crippen LogP contribution in [0.15, 0.2) is 6.33 Å². The summed E-state index contributed by atoms with van der Waals surface area (Å²) in [6.07, 6.45) is 2.83. The fourth-order valence-electron chi connectivity index (χ4n) is 1.94. The lowest BCUT2D eigenvalue weighted by atomic mass is 10.1. The maximum Gasteiger partial charge on any atom is 0.144 e. The van der Waals surface area contributed by atoms with Crippen molar-refractivity contribution < 1.29 is 0 Å². The fraction of sp³-hybridized carbons (Fsp3) is 0.800. The Morgan fingerprint density at radius 1 is 1.57 bits per heavy atom. The van der Waals surface area contributed by atoms with Gasteiger partial charge in [-0.3, -0.25) is 0 Å². The van der Waals surface area contributed by atoms with E-state index in [2.05, 4.69) is 30.9 Å². The smallest absolute Gasteiger partial charge is 0.144 e. The van der Waals surface area contributed by atoms with Crippen molar-refractivity contribution in [2.45, 2.75) is 39.3 Å². The molecule has 1 saturated carbocycles. The van der Waals surface area contributed by atoms with Gasteiger partial charge in [-0.25, -0.2) is 9.67 Å². The molecule has 0 saturated heterocycles. The molecule has 1 fully saturated rings. The van der Waals surface area contributed by atoms with E-state index in [9.17, 15) is 0 Å². The molecule has 3 unspecified atom stereocenters. The maximum atomic E-state index is 6.15. The highest BCUT2D eigenvalue weighted by atomic mass is 15.4. The van der Waals surface area contributed by atoms with Crippen molar-refractivity contribution in [2.75, 3.05) is 0 Å². The van der Waals surface area contributed by atoms with E-state index < -0.39 is 0 Å². The van der Waals surface area contributed by atoms with Crippen LogP contribution in [0.4, 0.5) is 0 Å². The van der Waals surface area contributed by atoms with Crippen molar-refractivity contribution in [1.82, 2.24) is 14.8 Å². The van der Waals surface area contributed by atoms with Crippen molar-refractivity contribution in [1.29, 1.82) is 0 Å². The zero-order valence-corrected chi connectivity index (χ0v) is 9.01. The molecule has 78 valence electrons. The summed E-state index contributed by atoms with van der Waals surface area (Å²) in [7, 11) is 0. The highest BCUT2D eigenvalue weighted by molar-refractivity contribution is 5.03. The van der Waals surface area contributed by atoms with E-state index in [1.807, 2.05) is 4.68 Å². The van der Waals surface area contributed by atoms with Gasteiger partial charge in [0.1, 0.15) is 12.2 Å². The van der Waals surface area contributed by atoms with E-state index >= 15 is 0 Å². The third-order valence-electron chi connectivity index (χ3n) is 3.02. The lowest BCUT2D eigenvalue weighted by molar-refractivity contribution is 0.454. The van der Waals surface area contributed by atoms with E-state index in [0.29, 0.717) is 12.0 Å². The summed E-state index contributed by atoms with van der Waals surface area (Å²) in [6, 6.07) is 0.405. The third-order valence-corrected chi connectivity index (χ3v) is 3.02. The summed E-state index contributed by atoms with van der Waals surface area (Å²) in [5.41, 5.74) is 6.15. The topological polar surface area (TPSA) is 56.7 Å². The Labute approximate surface area is 84.5 Å². The van der Waals surface area contributed by atoms with Crippen LogP contribution in [-0.2, 0) is 0 Å². The standard InChI is InChI=1S/C10H18N4/c1-6(2)14-10(12-5-13-14)9(11)8-4-7(8)3/h5-9H,4,11H2,1-3H3. The summed E-state index contributed by atoms with van der Waals surface area (Å²) in [6.45, 7) is 6.43. The summed E-state index contributed by atoms with van der Waals surface area (Å²) in [5.74, 6) is 2.30. The predicted molar refractivity (Wildman–Crippen MR) is 54.6 cm³/mol. The molecule has 3 atom stereocenters.